The normalized spacial score (nSPS) is 11.6. The van der Waals surface area contributed by atoms with E-state index in [0.29, 0.717) is 0 Å². The van der Waals surface area contributed by atoms with E-state index >= 15 is 0 Å². The van der Waals surface area contributed by atoms with Crippen LogP contribution in [0.25, 0.3) is 32.4 Å². The smallest absolute Gasteiger partial charge is 0.0802 e. The molecule has 0 aliphatic rings. The summed E-state index contributed by atoms with van der Waals surface area (Å²) in [6, 6.07) is 6.16. The van der Waals surface area contributed by atoms with E-state index in [4.69, 9.17) is 0 Å². The molecular weight excluding hydrogens is 222 g/mol. The van der Waals surface area contributed by atoms with Gasteiger partial charge >= 0.3 is 0 Å². The van der Waals surface area contributed by atoms with Crippen molar-refractivity contribution in [1.29, 1.82) is 0 Å². The molecule has 0 amide bonds. The molecule has 0 aliphatic carbocycles. The maximum atomic E-state index is 4.53. The van der Waals surface area contributed by atoms with Crippen LogP contribution < -0.4 is 0 Å². The van der Waals surface area contributed by atoms with E-state index < -0.39 is 0 Å². The minimum Gasteiger partial charge on any atom is -0.356 e. The SMILES string of the molecule is Cn1cc2c3ccncc3c3cccnc3c2c1. The molecule has 4 aromatic rings. The van der Waals surface area contributed by atoms with Crippen LogP contribution in [-0.4, -0.2) is 14.5 Å². The highest BCUT2D eigenvalue weighted by atomic mass is 14.9. The first-order chi connectivity index (χ1) is 8.84. The molecule has 0 fully saturated rings. The van der Waals surface area contributed by atoms with E-state index in [0.717, 1.165) is 5.52 Å². The van der Waals surface area contributed by atoms with Crippen molar-refractivity contribution in [3.63, 3.8) is 0 Å². The fourth-order valence-corrected chi connectivity index (χ4v) is 2.67. The maximum absolute atomic E-state index is 4.53. The summed E-state index contributed by atoms with van der Waals surface area (Å²) in [5, 5.41) is 6.01. The molecule has 3 heterocycles. The summed E-state index contributed by atoms with van der Waals surface area (Å²) in [5.41, 5.74) is 1.05. The van der Waals surface area contributed by atoms with Gasteiger partial charge < -0.3 is 4.57 Å². The first kappa shape index (κ1) is 9.59. The van der Waals surface area contributed by atoms with Gasteiger partial charge in [-0.3, -0.25) is 9.97 Å². The van der Waals surface area contributed by atoms with Crippen molar-refractivity contribution in [2.75, 3.05) is 0 Å². The van der Waals surface area contributed by atoms with Crippen molar-refractivity contribution in [2.24, 2.45) is 7.05 Å². The second-order valence-electron chi connectivity index (χ2n) is 4.57. The van der Waals surface area contributed by atoms with Gasteiger partial charge in [-0.15, -0.1) is 0 Å². The van der Waals surface area contributed by atoms with Gasteiger partial charge in [0, 0.05) is 59.6 Å². The van der Waals surface area contributed by atoms with E-state index in [2.05, 4.69) is 39.1 Å². The van der Waals surface area contributed by atoms with Crippen LogP contribution in [-0.2, 0) is 7.05 Å². The van der Waals surface area contributed by atoms with Gasteiger partial charge in [0.15, 0.2) is 0 Å². The first-order valence-electron chi connectivity index (χ1n) is 5.91. The highest BCUT2D eigenvalue weighted by Crippen LogP contribution is 2.33. The van der Waals surface area contributed by atoms with E-state index in [1.807, 2.05) is 31.7 Å². The van der Waals surface area contributed by atoms with Gasteiger partial charge in [-0.1, -0.05) is 6.07 Å². The quantitative estimate of drug-likeness (QED) is 0.436. The molecule has 4 rings (SSSR count). The van der Waals surface area contributed by atoms with E-state index in [-0.39, 0.29) is 0 Å². The number of aryl methyl sites for hydroxylation is 1. The highest BCUT2D eigenvalue weighted by Gasteiger charge is 2.10. The summed E-state index contributed by atoms with van der Waals surface area (Å²) in [6.07, 6.45) is 9.88. The Hall–Kier alpha value is -2.42. The Bertz CT molecular complexity index is 817. The Labute approximate surface area is 104 Å². The van der Waals surface area contributed by atoms with Crippen LogP contribution in [0.4, 0.5) is 0 Å². The number of hydrogen-bond acceptors (Lipinski definition) is 2. The molecule has 0 bridgehead atoms. The Kier molecular flexibility index (Phi) is 1.75. The molecule has 0 saturated carbocycles. The Morgan fingerprint density at radius 3 is 2.72 bits per heavy atom. The lowest BCUT2D eigenvalue weighted by Crippen LogP contribution is -1.83. The number of hydrogen-bond donors (Lipinski definition) is 0. The van der Waals surface area contributed by atoms with Crippen molar-refractivity contribution >= 4 is 32.4 Å². The third-order valence-corrected chi connectivity index (χ3v) is 3.42. The zero-order valence-electron chi connectivity index (χ0n) is 9.96. The monoisotopic (exact) mass is 233 g/mol. The number of aromatic nitrogens is 3. The number of nitrogens with zero attached hydrogens (tertiary/aromatic N) is 3. The number of fused-ring (bicyclic) bond motifs is 6. The highest BCUT2D eigenvalue weighted by molar-refractivity contribution is 6.23. The second-order valence-corrected chi connectivity index (χ2v) is 4.57. The lowest BCUT2D eigenvalue weighted by atomic mass is 10.0. The summed E-state index contributed by atoms with van der Waals surface area (Å²) in [4.78, 5) is 8.77. The Balaban J connectivity index is 2.45. The van der Waals surface area contributed by atoms with Crippen molar-refractivity contribution in [2.45, 2.75) is 0 Å². The second kappa shape index (κ2) is 3.29. The summed E-state index contributed by atoms with van der Waals surface area (Å²) in [6.45, 7) is 0. The molecule has 0 atom stereocenters. The van der Waals surface area contributed by atoms with Gasteiger partial charge in [-0.25, -0.2) is 0 Å². The molecule has 0 saturated heterocycles. The third-order valence-electron chi connectivity index (χ3n) is 3.42. The van der Waals surface area contributed by atoms with E-state index in [1.54, 1.807) is 0 Å². The minimum absolute atomic E-state index is 1.05. The molecule has 0 radical (unpaired) electrons. The molecule has 0 spiro atoms. The Morgan fingerprint density at radius 1 is 0.889 bits per heavy atom. The number of rotatable bonds is 0. The van der Waals surface area contributed by atoms with Crippen LogP contribution in [0.2, 0.25) is 0 Å². The standard InChI is InChI=1S/C15H11N3/c1-18-8-13-10-4-6-16-7-12(10)11-3-2-5-17-15(11)14(13)9-18/h2-9H,1H3. The van der Waals surface area contributed by atoms with Gasteiger partial charge in [-0.2, -0.15) is 0 Å². The average molecular weight is 233 g/mol. The van der Waals surface area contributed by atoms with Gasteiger partial charge in [0.2, 0.25) is 0 Å². The fourth-order valence-electron chi connectivity index (χ4n) is 2.67. The van der Waals surface area contributed by atoms with Crippen LogP contribution in [0, 0.1) is 0 Å². The van der Waals surface area contributed by atoms with Gasteiger partial charge in [0.05, 0.1) is 5.52 Å². The molecule has 18 heavy (non-hydrogen) atoms. The van der Waals surface area contributed by atoms with Gasteiger partial charge in [0.25, 0.3) is 0 Å². The lowest BCUT2D eigenvalue weighted by Gasteiger charge is -2.04. The van der Waals surface area contributed by atoms with E-state index in [9.17, 15) is 0 Å². The predicted octanol–water partition coefficient (Wildman–Crippen LogP) is 3.27. The van der Waals surface area contributed by atoms with Gasteiger partial charge in [-0.05, 0) is 17.5 Å². The average Bonchev–Trinajstić information content (AvgIpc) is 2.81. The molecule has 1 aromatic carbocycles. The van der Waals surface area contributed by atoms with Crippen LogP contribution >= 0.6 is 0 Å². The zero-order valence-corrected chi connectivity index (χ0v) is 9.96. The number of benzene rings is 1. The molecule has 3 aromatic heterocycles. The van der Waals surface area contributed by atoms with Crippen LogP contribution in [0.3, 0.4) is 0 Å². The molecule has 0 unspecified atom stereocenters. The molecule has 86 valence electrons. The molecule has 0 N–H and O–H groups in total. The molecule has 3 heteroatoms. The topological polar surface area (TPSA) is 30.7 Å². The van der Waals surface area contributed by atoms with Crippen LogP contribution in [0.15, 0.2) is 49.2 Å². The molecular formula is C15H11N3. The fraction of sp³-hybridized carbons (Fsp3) is 0.0667. The Morgan fingerprint density at radius 2 is 1.78 bits per heavy atom. The zero-order chi connectivity index (χ0) is 12.1. The minimum atomic E-state index is 1.05. The third kappa shape index (κ3) is 1.13. The summed E-state index contributed by atoms with van der Waals surface area (Å²) in [7, 11) is 2.04. The van der Waals surface area contributed by atoms with Crippen molar-refractivity contribution < 1.29 is 0 Å². The van der Waals surface area contributed by atoms with E-state index in [1.165, 1.54) is 26.9 Å². The first-order valence-corrected chi connectivity index (χ1v) is 5.91. The predicted molar refractivity (Wildman–Crippen MR) is 73.5 cm³/mol. The number of pyridine rings is 2. The van der Waals surface area contributed by atoms with Crippen molar-refractivity contribution in [3.05, 3.63) is 49.2 Å². The van der Waals surface area contributed by atoms with Crippen molar-refractivity contribution in [3.8, 4) is 0 Å². The van der Waals surface area contributed by atoms with Crippen LogP contribution in [0.1, 0.15) is 0 Å². The summed E-state index contributed by atoms with van der Waals surface area (Å²) < 4.78 is 2.08. The largest absolute Gasteiger partial charge is 0.356 e. The molecule has 3 nitrogen and oxygen atoms in total. The lowest BCUT2D eigenvalue weighted by molar-refractivity contribution is 0.934. The maximum Gasteiger partial charge on any atom is 0.0802 e. The van der Waals surface area contributed by atoms with Gasteiger partial charge in [0.1, 0.15) is 0 Å². The summed E-state index contributed by atoms with van der Waals surface area (Å²) >= 11 is 0. The summed E-state index contributed by atoms with van der Waals surface area (Å²) in [5.74, 6) is 0. The van der Waals surface area contributed by atoms with Crippen molar-refractivity contribution in [1.82, 2.24) is 14.5 Å². The molecule has 0 aliphatic heterocycles. The van der Waals surface area contributed by atoms with Crippen LogP contribution in [0.5, 0.6) is 0 Å².